The predicted molar refractivity (Wildman–Crippen MR) is 236 cm³/mol. The van der Waals surface area contributed by atoms with Gasteiger partial charge in [-0.3, -0.25) is 14.2 Å². The highest BCUT2D eigenvalue weighted by Crippen LogP contribution is 2.38. The zero-order valence-electron chi connectivity index (χ0n) is 37.5. The van der Waals surface area contributed by atoms with Crippen LogP contribution in [-0.4, -0.2) is 70.0 Å². The molecule has 334 valence electrons. The van der Waals surface area contributed by atoms with Gasteiger partial charge in [-0.2, -0.15) is 0 Å². The Balaban J connectivity index is 4.31. The lowest BCUT2D eigenvalue weighted by atomic mass is 10.0. The van der Waals surface area contributed by atoms with E-state index in [1.54, 1.807) is 0 Å². The van der Waals surface area contributed by atoms with Crippen LogP contribution in [0.5, 0.6) is 0 Å². The van der Waals surface area contributed by atoms with Gasteiger partial charge >= 0.3 is 11.9 Å². The number of allylic oxidation sites excluding steroid dienone is 6. The Bertz CT molecular complexity index is 1070. The molecule has 0 spiro atoms. The molecular formula is C47H88NO8P. The van der Waals surface area contributed by atoms with Gasteiger partial charge in [0.25, 0.3) is 7.82 Å². The number of hydrogen-bond acceptors (Lipinski definition) is 8. The molecule has 2 unspecified atom stereocenters. The summed E-state index contributed by atoms with van der Waals surface area (Å²) >= 11 is 0. The van der Waals surface area contributed by atoms with Gasteiger partial charge in [0.15, 0.2) is 6.10 Å². The summed E-state index contributed by atoms with van der Waals surface area (Å²) in [5, 5.41) is 0. The van der Waals surface area contributed by atoms with E-state index in [4.69, 9.17) is 18.5 Å². The standard InChI is InChI=1S/C47H88NO8P/c1-6-8-10-12-14-16-18-20-22-23-24-26-27-29-31-33-35-37-39-46(49)53-43-45(44-55-57(51,52)54-42-41-48(3,4)5)56-47(50)40-38-36-34-32-30-28-25-21-19-17-15-13-11-9-7-2/h9,11,15,17,21,25,45H,6-8,10,12-14,16,18-20,22-24,26-44H2,1-5H3/b11-9-,17-15-,25-21-. The van der Waals surface area contributed by atoms with E-state index in [-0.39, 0.29) is 32.0 Å². The average Bonchev–Trinajstić information content (AvgIpc) is 3.16. The van der Waals surface area contributed by atoms with Crippen molar-refractivity contribution in [2.45, 2.75) is 206 Å². The summed E-state index contributed by atoms with van der Waals surface area (Å²) in [6.07, 6.45) is 44.6. The van der Waals surface area contributed by atoms with Crippen LogP contribution in [0, 0.1) is 0 Å². The van der Waals surface area contributed by atoms with Gasteiger partial charge in [-0.15, -0.1) is 0 Å². The lowest BCUT2D eigenvalue weighted by Crippen LogP contribution is -2.37. The largest absolute Gasteiger partial charge is 0.756 e. The second-order valence-corrected chi connectivity index (χ2v) is 18.2. The minimum Gasteiger partial charge on any atom is -0.756 e. The van der Waals surface area contributed by atoms with Crippen molar-refractivity contribution >= 4 is 19.8 Å². The third-order valence-electron chi connectivity index (χ3n) is 9.92. The summed E-state index contributed by atoms with van der Waals surface area (Å²) in [4.78, 5) is 37.6. The van der Waals surface area contributed by atoms with Crippen LogP contribution in [0.4, 0.5) is 0 Å². The first kappa shape index (κ1) is 55.2. The van der Waals surface area contributed by atoms with E-state index in [9.17, 15) is 19.0 Å². The van der Waals surface area contributed by atoms with Crippen molar-refractivity contribution in [3.05, 3.63) is 36.5 Å². The number of quaternary nitrogens is 1. The molecule has 0 saturated heterocycles. The molecule has 0 saturated carbocycles. The maximum absolute atomic E-state index is 12.7. The number of esters is 2. The fraction of sp³-hybridized carbons (Fsp3) is 0.830. The Morgan fingerprint density at radius 3 is 1.49 bits per heavy atom. The van der Waals surface area contributed by atoms with Gasteiger partial charge in [0.1, 0.15) is 19.8 Å². The Hall–Kier alpha value is -1.77. The van der Waals surface area contributed by atoms with E-state index in [1.165, 1.54) is 96.3 Å². The van der Waals surface area contributed by atoms with E-state index in [2.05, 4.69) is 50.3 Å². The highest BCUT2D eigenvalue weighted by atomic mass is 31.2. The number of nitrogens with zero attached hydrogens (tertiary/aromatic N) is 1. The first-order valence-electron chi connectivity index (χ1n) is 23.2. The molecule has 57 heavy (non-hydrogen) atoms. The van der Waals surface area contributed by atoms with Gasteiger partial charge in [-0.25, -0.2) is 0 Å². The molecule has 0 aliphatic carbocycles. The molecule has 0 aromatic heterocycles. The molecule has 0 radical (unpaired) electrons. The van der Waals surface area contributed by atoms with Crippen LogP contribution < -0.4 is 4.89 Å². The number of carbonyl (C=O) groups excluding carboxylic acids is 2. The smallest absolute Gasteiger partial charge is 0.306 e. The first-order chi connectivity index (χ1) is 27.5. The predicted octanol–water partition coefficient (Wildman–Crippen LogP) is 12.7. The highest BCUT2D eigenvalue weighted by molar-refractivity contribution is 7.45. The zero-order chi connectivity index (χ0) is 42.1. The number of hydrogen-bond donors (Lipinski definition) is 0. The second-order valence-electron chi connectivity index (χ2n) is 16.7. The van der Waals surface area contributed by atoms with Gasteiger partial charge in [-0.05, 0) is 44.9 Å². The minimum absolute atomic E-state index is 0.0338. The van der Waals surface area contributed by atoms with Gasteiger partial charge in [-0.1, -0.05) is 179 Å². The van der Waals surface area contributed by atoms with E-state index in [1.807, 2.05) is 21.1 Å². The summed E-state index contributed by atoms with van der Waals surface area (Å²) in [5.74, 6) is -0.848. The molecule has 0 fully saturated rings. The number of ether oxygens (including phenoxy) is 2. The SMILES string of the molecule is CC/C=C\C/C=C\C/C=C\CCCCCCCC(=O)OC(COC(=O)CCCCCCCCCCCCCCCCCCCC)COP(=O)([O-])OCC[N+](C)(C)C. The van der Waals surface area contributed by atoms with Crippen molar-refractivity contribution in [2.75, 3.05) is 47.5 Å². The monoisotopic (exact) mass is 826 g/mol. The van der Waals surface area contributed by atoms with Crippen LogP contribution in [0.15, 0.2) is 36.5 Å². The number of phosphoric ester groups is 1. The molecule has 0 aliphatic heterocycles. The van der Waals surface area contributed by atoms with Crippen molar-refractivity contribution in [1.82, 2.24) is 0 Å². The lowest BCUT2D eigenvalue weighted by Gasteiger charge is -2.28. The van der Waals surface area contributed by atoms with Crippen LogP contribution in [0.2, 0.25) is 0 Å². The Morgan fingerprint density at radius 2 is 1.00 bits per heavy atom. The first-order valence-corrected chi connectivity index (χ1v) is 24.7. The summed E-state index contributed by atoms with van der Waals surface area (Å²) in [6.45, 7) is 4.11. The van der Waals surface area contributed by atoms with Gasteiger partial charge in [0.05, 0.1) is 27.7 Å². The molecule has 0 rings (SSSR count). The van der Waals surface area contributed by atoms with E-state index >= 15 is 0 Å². The Labute approximate surface area is 351 Å². The molecule has 9 nitrogen and oxygen atoms in total. The number of phosphoric acid groups is 1. The minimum atomic E-state index is -4.63. The van der Waals surface area contributed by atoms with Crippen molar-refractivity contribution in [1.29, 1.82) is 0 Å². The third-order valence-corrected chi connectivity index (χ3v) is 10.9. The van der Waals surface area contributed by atoms with Crippen LogP contribution >= 0.6 is 7.82 Å². The van der Waals surface area contributed by atoms with Crippen molar-refractivity contribution in [2.24, 2.45) is 0 Å². The van der Waals surface area contributed by atoms with E-state index in [0.29, 0.717) is 17.4 Å². The van der Waals surface area contributed by atoms with Crippen LogP contribution in [0.3, 0.4) is 0 Å². The third kappa shape index (κ3) is 43.6. The number of carbonyl (C=O) groups is 2. The number of rotatable bonds is 42. The van der Waals surface area contributed by atoms with Crippen molar-refractivity contribution in [3.8, 4) is 0 Å². The Morgan fingerprint density at radius 1 is 0.561 bits per heavy atom. The summed E-state index contributed by atoms with van der Waals surface area (Å²) in [6, 6.07) is 0. The molecule has 10 heteroatoms. The summed E-state index contributed by atoms with van der Waals surface area (Å²) in [5.41, 5.74) is 0. The maximum atomic E-state index is 12.7. The molecule has 0 N–H and O–H groups in total. The van der Waals surface area contributed by atoms with E-state index < -0.39 is 26.5 Å². The molecule has 0 heterocycles. The van der Waals surface area contributed by atoms with E-state index in [0.717, 1.165) is 70.6 Å². The zero-order valence-corrected chi connectivity index (χ0v) is 38.4. The summed E-state index contributed by atoms with van der Waals surface area (Å²) < 4.78 is 33.9. The molecule has 0 aliphatic rings. The van der Waals surface area contributed by atoms with Crippen LogP contribution in [0.25, 0.3) is 0 Å². The Kier molecular flexibility index (Phi) is 38.4. The molecule has 0 amide bonds. The van der Waals surface area contributed by atoms with Gasteiger partial charge in [0.2, 0.25) is 0 Å². The van der Waals surface area contributed by atoms with Crippen molar-refractivity contribution in [3.63, 3.8) is 0 Å². The maximum Gasteiger partial charge on any atom is 0.306 e. The quantitative estimate of drug-likeness (QED) is 0.0197. The molecule has 0 aromatic carbocycles. The fourth-order valence-electron chi connectivity index (χ4n) is 6.32. The topological polar surface area (TPSA) is 111 Å². The van der Waals surface area contributed by atoms with Crippen molar-refractivity contribution < 1.29 is 42.1 Å². The lowest BCUT2D eigenvalue weighted by molar-refractivity contribution is -0.870. The van der Waals surface area contributed by atoms with Crippen LogP contribution in [-0.2, 0) is 32.7 Å². The van der Waals surface area contributed by atoms with Gasteiger partial charge < -0.3 is 27.9 Å². The molecular weight excluding hydrogens is 737 g/mol. The molecule has 2 atom stereocenters. The van der Waals surface area contributed by atoms with Gasteiger partial charge in [0, 0.05) is 12.8 Å². The number of likely N-dealkylation sites (N-methyl/N-ethyl adjacent to an activating group) is 1. The normalized spacial score (nSPS) is 13.9. The second kappa shape index (κ2) is 39.7. The number of unbranched alkanes of at least 4 members (excludes halogenated alkanes) is 22. The average molecular weight is 826 g/mol. The molecule has 0 bridgehead atoms. The highest BCUT2D eigenvalue weighted by Gasteiger charge is 2.21. The fourth-order valence-corrected chi connectivity index (χ4v) is 7.05. The summed E-state index contributed by atoms with van der Waals surface area (Å²) in [7, 11) is 1.16. The molecule has 0 aromatic rings. The van der Waals surface area contributed by atoms with Crippen LogP contribution in [0.1, 0.15) is 200 Å².